The van der Waals surface area contributed by atoms with Crippen LogP contribution in [0.4, 0.5) is 5.69 Å². The number of anilines is 1. The molecule has 0 unspecified atom stereocenters. The summed E-state index contributed by atoms with van der Waals surface area (Å²) in [5, 5.41) is 12.4. The summed E-state index contributed by atoms with van der Waals surface area (Å²) in [5.74, 6) is -0.0909. The van der Waals surface area contributed by atoms with Crippen LogP contribution in [0, 0.1) is 32.1 Å². The molecule has 0 aliphatic heterocycles. The molecule has 34 heavy (non-hydrogen) atoms. The first kappa shape index (κ1) is 22.5. The third kappa shape index (κ3) is 4.57. The Hall–Kier alpha value is -4.70. The van der Waals surface area contributed by atoms with E-state index in [1.807, 2.05) is 51.1 Å². The third-order valence-electron chi connectivity index (χ3n) is 5.46. The Morgan fingerprint density at radius 1 is 1.06 bits per heavy atom. The molecule has 2 aromatic carbocycles. The van der Waals surface area contributed by atoms with Gasteiger partial charge in [-0.15, -0.1) is 0 Å². The van der Waals surface area contributed by atoms with E-state index in [0.717, 1.165) is 16.7 Å². The van der Waals surface area contributed by atoms with Crippen molar-refractivity contribution in [2.45, 2.75) is 20.8 Å². The lowest BCUT2D eigenvalue weighted by molar-refractivity contribution is -0.112. The quantitative estimate of drug-likeness (QED) is 0.342. The van der Waals surface area contributed by atoms with Crippen LogP contribution in [0.5, 0.6) is 11.6 Å². The lowest BCUT2D eigenvalue weighted by Crippen LogP contribution is -2.20. The highest BCUT2D eigenvalue weighted by atomic mass is 16.5. The summed E-state index contributed by atoms with van der Waals surface area (Å²) in [6, 6.07) is 19.8. The van der Waals surface area contributed by atoms with Crippen LogP contribution in [0.3, 0.4) is 0 Å². The zero-order valence-corrected chi connectivity index (χ0v) is 19.0. The van der Waals surface area contributed by atoms with Gasteiger partial charge in [0.25, 0.3) is 11.5 Å². The summed E-state index contributed by atoms with van der Waals surface area (Å²) in [6.07, 6.45) is 2.79. The van der Waals surface area contributed by atoms with Crippen molar-refractivity contribution in [1.29, 1.82) is 5.26 Å². The van der Waals surface area contributed by atoms with Crippen LogP contribution in [0.15, 0.2) is 77.2 Å². The van der Waals surface area contributed by atoms with Gasteiger partial charge in [-0.05, 0) is 68.3 Å². The predicted molar refractivity (Wildman–Crippen MR) is 131 cm³/mol. The summed E-state index contributed by atoms with van der Waals surface area (Å²) in [5.41, 5.74) is 3.16. The van der Waals surface area contributed by atoms with Crippen LogP contribution in [0.2, 0.25) is 0 Å². The van der Waals surface area contributed by atoms with E-state index in [9.17, 15) is 14.9 Å². The zero-order chi connectivity index (χ0) is 24.2. The Bertz CT molecular complexity index is 1530. The van der Waals surface area contributed by atoms with Crippen LogP contribution in [0.1, 0.15) is 22.3 Å². The molecule has 0 aliphatic carbocycles. The Labute approximate surface area is 196 Å². The minimum absolute atomic E-state index is 0.000197. The van der Waals surface area contributed by atoms with E-state index in [2.05, 4.69) is 10.3 Å². The van der Waals surface area contributed by atoms with Crippen LogP contribution in [-0.4, -0.2) is 15.3 Å². The van der Waals surface area contributed by atoms with Gasteiger partial charge in [0.05, 0.1) is 0 Å². The number of nitrogens with zero attached hydrogens (tertiary/aromatic N) is 3. The molecule has 1 amide bonds. The molecule has 0 aliphatic rings. The number of hydrogen-bond acceptors (Lipinski definition) is 5. The van der Waals surface area contributed by atoms with E-state index in [1.54, 1.807) is 42.6 Å². The number of aryl methyl sites for hydroxylation is 2. The van der Waals surface area contributed by atoms with Gasteiger partial charge in [0.2, 0.25) is 5.88 Å². The second-order valence-electron chi connectivity index (χ2n) is 7.85. The van der Waals surface area contributed by atoms with Gasteiger partial charge in [0.1, 0.15) is 28.6 Å². The van der Waals surface area contributed by atoms with E-state index < -0.39 is 11.5 Å². The van der Waals surface area contributed by atoms with Gasteiger partial charge in [-0.25, -0.2) is 0 Å². The smallest absolute Gasteiger partial charge is 0.269 e. The normalized spacial score (nSPS) is 11.2. The maximum Gasteiger partial charge on any atom is 0.269 e. The maximum atomic E-state index is 13.3. The summed E-state index contributed by atoms with van der Waals surface area (Å²) in [7, 11) is 0. The SMILES string of the molecule is Cc1ccc(NC(=O)/C(C#N)=C/c2c(Oc3cccc(C)c3C)nc3ccccn3c2=O)cc1. The largest absolute Gasteiger partial charge is 0.438 e. The lowest BCUT2D eigenvalue weighted by atomic mass is 10.1. The van der Waals surface area contributed by atoms with Gasteiger partial charge in [-0.3, -0.25) is 14.0 Å². The average molecular weight is 450 g/mol. The predicted octanol–water partition coefficient (Wildman–Crippen LogP) is 4.96. The second-order valence-corrected chi connectivity index (χ2v) is 7.85. The summed E-state index contributed by atoms with van der Waals surface area (Å²) >= 11 is 0. The summed E-state index contributed by atoms with van der Waals surface area (Å²) < 4.78 is 7.40. The van der Waals surface area contributed by atoms with Gasteiger partial charge < -0.3 is 10.1 Å². The second kappa shape index (κ2) is 9.43. The molecule has 7 heteroatoms. The third-order valence-corrected chi connectivity index (χ3v) is 5.46. The van der Waals surface area contributed by atoms with Gasteiger partial charge in [0, 0.05) is 11.9 Å². The number of benzene rings is 2. The highest BCUT2D eigenvalue weighted by molar-refractivity contribution is 6.09. The highest BCUT2D eigenvalue weighted by Gasteiger charge is 2.18. The number of nitriles is 1. The minimum atomic E-state index is -0.637. The monoisotopic (exact) mass is 450 g/mol. The van der Waals surface area contributed by atoms with Crippen molar-refractivity contribution in [3.63, 3.8) is 0 Å². The summed E-state index contributed by atoms with van der Waals surface area (Å²) in [6.45, 7) is 5.79. The fraction of sp³-hybridized carbons (Fsp3) is 0.111. The van der Waals surface area contributed by atoms with Gasteiger partial charge in [-0.2, -0.15) is 10.2 Å². The number of amides is 1. The van der Waals surface area contributed by atoms with Crippen molar-refractivity contribution < 1.29 is 9.53 Å². The number of carbonyl (C=O) groups excluding carboxylic acids is 1. The molecule has 0 atom stereocenters. The van der Waals surface area contributed by atoms with Crippen molar-refractivity contribution >= 4 is 23.3 Å². The van der Waals surface area contributed by atoms with Crippen LogP contribution < -0.4 is 15.6 Å². The summed E-state index contributed by atoms with van der Waals surface area (Å²) in [4.78, 5) is 30.6. The molecular weight excluding hydrogens is 428 g/mol. The van der Waals surface area contributed by atoms with E-state index in [1.165, 1.54) is 10.5 Å². The van der Waals surface area contributed by atoms with Crippen LogP contribution in [-0.2, 0) is 4.79 Å². The molecule has 4 rings (SSSR count). The van der Waals surface area contributed by atoms with E-state index in [4.69, 9.17) is 4.74 Å². The molecule has 0 saturated heterocycles. The van der Waals surface area contributed by atoms with E-state index in [-0.39, 0.29) is 17.0 Å². The number of nitrogens with one attached hydrogen (secondary N) is 1. The molecule has 0 spiro atoms. The van der Waals surface area contributed by atoms with E-state index >= 15 is 0 Å². The van der Waals surface area contributed by atoms with Crippen molar-refractivity contribution in [2.75, 3.05) is 5.32 Å². The number of aromatic nitrogens is 2. The molecule has 1 N–H and O–H groups in total. The highest BCUT2D eigenvalue weighted by Crippen LogP contribution is 2.28. The number of hydrogen-bond donors (Lipinski definition) is 1. The average Bonchev–Trinajstić information content (AvgIpc) is 2.83. The molecule has 2 heterocycles. The number of fused-ring (bicyclic) bond motifs is 1. The van der Waals surface area contributed by atoms with Gasteiger partial charge >= 0.3 is 0 Å². The molecule has 0 saturated carbocycles. The zero-order valence-electron chi connectivity index (χ0n) is 19.0. The first-order valence-electron chi connectivity index (χ1n) is 10.6. The maximum absolute atomic E-state index is 13.3. The molecule has 0 radical (unpaired) electrons. The van der Waals surface area contributed by atoms with Crippen molar-refractivity contribution in [3.8, 4) is 17.7 Å². The molecule has 168 valence electrons. The van der Waals surface area contributed by atoms with E-state index in [0.29, 0.717) is 17.1 Å². The standard InChI is InChI=1S/C27H22N4O3/c1-17-10-12-21(13-11-17)29-25(32)20(16-28)15-22-26(34-23-8-6-7-18(2)19(23)3)30-24-9-4-5-14-31(24)27(22)33/h4-15H,1-3H3,(H,29,32)/b20-15+. The molecular formula is C27H22N4O3. The Morgan fingerprint density at radius 3 is 2.56 bits per heavy atom. The topological polar surface area (TPSA) is 96.5 Å². The van der Waals surface area contributed by atoms with Crippen LogP contribution >= 0.6 is 0 Å². The van der Waals surface area contributed by atoms with Gasteiger partial charge in [-0.1, -0.05) is 35.9 Å². The first-order chi connectivity index (χ1) is 16.4. The molecule has 0 fully saturated rings. The molecule has 2 aromatic heterocycles. The number of pyridine rings is 1. The number of ether oxygens (including phenoxy) is 1. The lowest BCUT2D eigenvalue weighted by Gasteiger charge is -2.13. The Balaban J connectivity index is 1.82. The fourth-order valence-electron chi connectivity index (χ4n) is 3.35. The van der Waals surface area contributed by atoms with Crippen molar-refractivity contribution in [2.24, 2.45) is 0 Å². The molecule has 0 bridgehead atoms. The Morgan fingerprint density at radius 2 is 1.82 bits per heavy atom. The number of rotatable bonds is 5. The first-order valence-corrected chi connectivity index (χ1v) is 10.6. The minimum Gasteiger partial charge on any atom is -0.438 e. The molecule has 4 aromatic rings. The van der Waals surface area contributed by atoms with Gasteiger partial charge in [0.15, 0.2) is 0 Å². The number of carbonyl (C=O) groups is 1. The van der Waals surface area contributed by atoms with Crippen LogP contribution in [0.25, 0.3) is 11.7 Å². The Kier molecular flexibility index (Phi) is 6.24. The fourth-order valence-corrected chi connectivity index (χ4v) is 3.35. The molecule has 7 nitrogen and oxygen atoms in total. The van der Waals surface area contributed by atoms with Crippen molar-refractivity contribution in [3.05, 3.63) is 105 Å². The van der Waals surface area contributed by atoms with Crippen molar-refractivity contribution in [1.82, 2.24) is 9.38 Å².